The molecular weight excluding hydrogens is 1100 g/mol. The standard InChI is InChI=1S/C19H22N4O.C19H20N2O.C19H19NO.C18H19N3O/c1-13-22-19(12-24-13)8-7-17-14(9-19)5-4-6-16(17)15-10-20-18(21-11-15)23(2)3;1-13-8-16(11-20-10-13)17-5-3-4-15-9-19(7-6-18(15)17)12-22-14(2)21-19;1-14-20-19(13-21-14)11-10-18-16(12-19)8-5-9-17(18)15-6-3-2-4-7-15;1-12-9-19-10-17(20-12)16-5-3-4-14-8-18(7-6-15(14)16)11-22-13(2)21-18/h4-6,10-11H,7-9,12H2,1-3H3;3-5,8,10-11H,6-7,9,12H2,1-2H3;2-9H,10-13H2,1H3;3-5,9-10H,6-8,11H2,1-2H3/t3*19-;18-/m0000/s1. The normalized spacial score (nSPS) is 22.9. The van der Waals surface area contributed by atoms with Crippen molar-refractivity contribution >= 4 is 29.5 Å². The third-order valence-corrected chi connectivity index (χ3v) is 19.0. The van der Waals surface area contributed by atoms with Crippen LogP contribution in [0.25, 0.3) is 44.6 Å². The van der Waals surface area contributed by atoms with Gasteiger partial charge in [-0.2, -0.15) is 0 Å². The highest BCUT2D eigenvalue weighted by atomic mass is 16.5. The Morgan fingerprint density at radius 3 is 1.17 bits per heavy atom. The Morgan fingerprint density at radius 1 is 0.382 bits per heavy atom. The highest BCUT2D eigenvalue weighted by Gasteiger charge is 2.43. The topological polar surface area (TPSA) is 154 Å². The molecule has 7 heterocycles. The van der Waals surface area contributed by atoms with Crippen molar-refractivity contribution in [3.63, 3.8) is 0 Å². The SMILES string of the molecule is CC1=N[C@]2(CCc3c(cccc3-c3ccccc3)C2)CO1.CC1=N[C@]2(CCc3c(cccc3-c3cnc(N(C)C)nc3)C2)CO1.CC1=N[C@]2(CCc3c(cccc3-c3cncc(C)c3)C2)CO1.CC1=N[C@]2(CCc3c(cccc3-c3cncc(C)n3)C2)CO1. The van der Waals surface area contributed by atoms with Gasteiger partial charge in [0, 0.05) is 115 Å². The smallest absolute Gasteiger partial charge is 0.224 e. The van der Waals surface area contributed by atoms with Crippen LogP contribution in [0.15, 0.2) is 166 Å². The Balaban J connectivity index is 0.000000109. The lowest BCUT2D eigenvalue weighted by Crippen LogP contribution is -2.35. The van der Waals surface area contributed by atoms with Crippen LogP contribution in [0, 0.1) is 13.8 Å². The maximum atomic E-state index is 5.64. The van der Waals surface area contributed by atoms with Gasteiger partial charge in [0.2, 0.25) is 5.95 Å². The van der Waals surface area contributed by atoms with E-state index in [0.717, 1.165) is 137 Å². The molecule has 0 fully saturated rings. The number of nitrogens with zero attached hydrogens (tertiary/aromatic N) is 10. The highest BCUT2D eigenvalue weighted by molar-refractivity contribution is 5.79. The molecule has 454 valence electrons. The number of benzene rings is 5. The average Bonchev–Trinajstić information content (AvgIpc) is 1.99. The molecule has 0 saturated carbocycles. The Hall–Kier alpha value is -8.91. The van der Waals surface area contributed by atoms with E-state index in [4.69, 9.17) is 38.9 Å². The molecule has 0 amide bonds. The molecule has 4 aliphatic carbocycles. The molecule has 0 unspecified atom stereocenters. The molecule has 4 aliphatic heterocycles. The van der Waals surface area contributed by atoms with Crippen LogP contribution in [0.5, 0.6) is 0 Å². The molecule has 0 N–H and O–H groups in total. The summed E-state index contributed by atoms with van der Waals surface area (Å²) in [5.74, 6) is 4.06. The van der Waals surface area contributed by atoms with Gasteiger partial charge < -0.3 is 23.8 Å². The number of aromatic nitrogens is 5. The van der Waals surface area contributed by atoms with E-state index in [9.17, 15) is 0 Å². The van der Waals surface area contributed by atoms with Crippen molar-refractivity contribution in [2.45, 2.75) is 141 Å². The van der Waals surface area contributed by atoms with Crippen LogP contribution in [0.1, 0.15) is 109 Å². The van der Waals surface area contributed by atoms with E-state index in [0.29, 0.717) is 13.2 Å². The van der Waals surface area contributed by atoms with Crippen molar-refractivity contribution in [2.75, 3.05) is 45.4 Å². The van der Waals surface area contributed by atoms with E-state index in [-0.39, 0.29) is 22.2 Å². The number of rotatable bonds is 5. The van der Waals surface area contributed by atoms with Crippen molar-refractivity contribution in [1.82, 2.24) is 24.9 Å². The van der Waals surface area contributed by atoms with Gasteiger partial charge in [0.25, 0.3) is 0 Å². The first-order chi connectivity index (χ1) is 43.1. The van der Waals surface area contributed by atoms with Gasteiger partial charge in [-0.25, -0.2) is 34.9 Å². The van der Waals surface area contributed by atoms with E-state index < -0.39 is 0 Å². The molecule has 8 aromatic rings. The van der Waals surface area contributed by atoms with E-state index in [1.165, 1.54) is 83.5 Å². The third-order valence-electron chi connectivity index (χ3n) is 19.0. The molecule has 16 rings (SSSR count). The zero-order chi connectivity index (χ0) is 61.3. The molecule has 8 aliphatic rings. The summed E-state index contributed by atoms with van der Waals surface area (Å²) in [7, 11) is 3.90. The average molecular weight is 1190 g/mol. The lowest BCUT2D eigenvalue weighted by atomic mass is 9.76. The number of pyridine rings is 1. The maximum absolute atomic E-state index is 5.64. The second kappa shape index (κ2) is 24.6. The van der Waals surface area contributed by atoms with E-state index in [2.05, 4.69) is 141 Å². The molecule has 5 aromatic carbocycles. The second-order valence-corrected chi connectivity index (χ2v) is 25.9. The maximum Gasteiger partial charge on any atom is 0.224 e. The summed E-state index contributed by atoms with van der Waals surface area (Å²) in [6.07, 6.45) is 23.6. The number of hydrogen-bond acceptors (Lipinski definition) is 14. The van der Waals surface area contributed by atoms with E-state index >= 15 is 0 Å². The van der Waals surface area contributed by atoms with Gasteiger partial charge in [-0.3, -0.25) is 9.97 Å². The lowest BCUT2D eigenvalue weighted by molar-refractivity contribution is 0.236. The van der Waals surface area contributed by atoms with Crippen LogP contribution in [-0.2, 0) is 70.3 Å². The molecule has 14 heteroatoms. The molecule has 3 aromatic heterocycles. The van der Waals surface area contributed by atoms with Crippen LogP contribution < -0.4 is 4.90 Å². The fraction of sp³-hybridized carbons (Fsp3) is 0.373. The van der Waals surface area contributed by atoms with Gasteiger partial charge in [0.15, 0.2) is 23.6 Å². The first kappa shape index (κ1) is 59.1. The Morgan fingerprint density at radius 2 is 0.775 bits per heavy atom. The minimum Gasteiger partial charge on any atom is -0.479 e. The van der Waals surface area contributed by atoms with Crippen LogP contribution in [-0.4, -0.2) is 111 Å². The number of hydrogen-bond donors (Lipinski definition) is 0. The van der Waals surface area contributed by atoms with E-state index in [1.54, 1.807) is 6.20 Å². The van der Waals surface area contributed by atoms with Crippen molar-refractivity contribution in [3.05, 3.63) is 202 Å². The summed E-state index contributed by atoms with van der Waals surface area (Å²) in [5, 5.41) is 0. The summed E-state index contributed by atoms with van der Waals surface area (Å²) in [6, 6.07) is 39.2. The first-order valence-electron chi connectivity index (χ1n) is 31.6. The van der Waals surface area contributed by atoms with Gasteiger partial charge >= 0.3 is 0 Å². The summed E-state index contributed by atoms with van der Waals surface area (Å²) < 4.78 is 22.5. The number of anilines is 1. The number of ether oxygens (including phenoxy) is 4. The van der Waals surface area contributed by atoms with Gasteiger partial charge in [0.05, 0.1) is 17.6 Å². The van der Waals surface area contributed by atoms with Crippen LogP contribution >= 0.6 is 0 Å². The summed E-state index contributed by atoms with van der Waals surface area (Å²) in [4.78, 5) is 43.2. The Bertz CT molecular complexity index is 3950. The van der Waals surface area contributed by atoms with E-state index in [1.807, 2.05) is 84.6 Å². The summed E-state index contributed by atoms with van der Waals surface area (Å²) in [5.41, 5.74) is 23.1. The van der Waals surface area contributed by atoms with Gasteiger partial charge in [-0.05, 0) is 144 Å². The van der Waals surface area contributed by atoms with Gasteiger partial charge in [-0.1, -0.05) is 103 Å². The second-order valence-electron chi connectivity index (χ2n) is 25.9. The highest BCUT2D eigenvalue weighted by Crippen LogP contribution is 2.43. The molecule has 89 heavy (non-hydrogen) atoms. The molecule has 4 spiro atoms. The minimum absolute atomic E-state index is 0.00755. The van der Waals surface area contributed by atoms with Crippen molar-refractivity contribution in [2.24, 2.45) is 20.0 Å². The number of aryl methyl sites for hydroxylation is 2. The molecular formula is C75H80N10O4. The Labute approximate surface area is 523 Å². The molecule has 0 radical (unpaired) electrons. The first-order valence-corrected chi connectivity index (χ1v) is 31.6. The molecule has 0 saturated heterocycles. The minimum atomic E-state index is -0.0546. The van der Waals surface area contributed by atoms with Crippen LogP contribution in [0.3, 0.4) is 0 Å². The van der Waals surface area contributed by atoms with Crippen molar-refractivity contribution in [1.29, 1.82) is 0 Å². The predicted molar refractivity (Wildman–Crippen MR) is 356 cm³/mol. The fourth-order valence-electron chi connectivity index (χ4n) is 14.7. The predicted octanol–water partition coefficient (Wildman–Crippen LogP) is 13.8. The zero-order valence-corrected chi connectivity index (χ0v) is 52.8. The number of aliphatic imine (C=N–C) groups is 4. The molecule has 0 bridgehead atoms. The quantitative estimate of drug-likeness (QED) is 0.163. The van der Waals surface area contributed by atoms with Crippen LogP contribution in [0.4, 0.5) is 5.95 Å². The third kappa shape index (κ3) is 12.6. The largest absolute Gasteiger partial charge is 0.479 e. The fourth-order valence-corrected chi connectivity index (χ4v) is 14.7. The Kier molecular flexibility index (Phi) is 16.3. The van der Waals surface area contributed by atoms with Crippen LogP contribution in [0.2, 0.25) is 0 Å². The summed E-state index contributed by atoms with van der Waals surface area (Å²) in [6.45, 7) is 14.8. The molecule has 4 atom stereocenters. The summed E-state index contributed by atoms with van der Waals surface area (Å²) >= 11 is 0. The van der Waals surface area contributed by atoms with Crippen molar-refractivity contribution < 1.29 is 18.9 Å². The molecule has 14 nitrogen and oxygen atoms in total. The lowest BCUT2D eigenvalue weighted by Gasteiger charge is -2.31. The number of fused-ring (bicyclic) bond motifs is 4. The van der Waals surface area contributed by atoms with Crippen molar-refractivity contribution in [3.8, 4) is 44.6 Å². The van der Waals surface area contributed by atoms with Gasteiger partial charge in [0.1, 0.15) is 48.6 Å². The monoisotopic (exact) mass is 1180 g/mol. The van der Waals surface area contributed by atoms with Gasteiger partial charge in [-0.15, -0.1) is 0 Å². The zero-order valence-electron chi connectivity index (χ0n) is 52.8.